The Morgan fingerprint density at radius 3 is 2.77 bits per heavy atom. The van der Waals surface area contributed by atoms with E-state index in [-0.39, 0.29) is 18.1 Å². The number of hydrogen-bond donors (Lipinski definition) is 1. The summed E-state index contributed by atoms with van der Waals surface area (Å²) >= 11 is 0. The fourth-order valence-electron chi connectivity index (χ4n) is 1.77. The summed E-state index contributed by atoms with van der Waals surface area (Å²) in [5.41, 5.74) is 9.84. The molecule has 1 aromatic rings. The zero-order valence-electron chi connectivity index (χ0n) is 11.9. The number of azide groups is 1. The Bertz CT molecular complexity index is 701. The average molecular weight is 298 g/mol. The highest BCUT2D eigenvalue weighted by molar-refractivity contribution is 5.72. The maximum absolute atomic E-state index is 12.1. The smallest absolute Gasteiger partial charge is 0.418 e. The summed E-state index contributed by atoms with van der Waals surface area (Å²) in [6.45, 7) is 1.79. The summed E-state index contributed by atoms with van der Waals surface area (Å²) in [4.78, 5) is 15.9. The van der Waals surface area contributed by atoms with Crippen molar-refractivity contribution in [1.82, 2.24) is 4.90 Å². The fraction of sp³-hybridized carbons (Fsp3) is 0.133. The molecule has 0 atom stereocenters. The first-order chi connectivity index (χ1) is 10.6. The Morgan fingerprint density at radius 1 is 1.36 bits per heavy atom. The van der Waals surface area contributed by atoms with Crippen molar-refractivity contribution in [3.63, 3.8) is 0 Å². The van der Waals surface area contributed by atoms with Crippen molar-refractivity contribution >= 4 is 6.09 Å². The van der Waals surface area contributed by atoms with Crippen molar-refractivity contribution in [2.75, 3.05) is 0 Å². The zero-order valence-corrected chi connectivity index (χ0v) is 11.9. The average Bonchev–Trinajstić information content (AvgIpc) is 2.67. The Labute approximate surface area is 127 Å². The summed E-state index contributed by atoms with van der Waals surface area (Å²) in [7, 11) is 0. The van der Waals surface area contributed by atoms with Crippen LogP contribution in [0.5, 0.6) is 0 Å². The Hall–Kier alpha value is -3.18. The molecule has 0 spiro atoms. The second kappa shape index (κ2) is 7.01. The number of carbonyl (C=O) groups is 1. The van der Waals surface area contributed by atoms with Crippen LogP contribution < -0.4 is 0 Å². The van der Waals surface area contributed by atoms with Gasteiger partial charge in [0.2, 0.25) is 0 Å². The largest absolute Gasteiger partial charge is 0.506 e. The van der Waals surface area contributed by atoms with Crippen LogP contribution >= 0.6 is 0 Å². The molecule has 0 saturated carbocycles. The first-order valence-electron chi connectivity index (χ1n) is 6.46. The summed E-state index contributed by atoms with van der Waals surface area (Å²) in [6.07, 6.45) is 3.49. The highest BCUT2D eigenvalue weighted by atomic mass is 16.6. The molecule has 1 aromatic carbocycles. The van der Waals surface area contributed by atoms with Crippen molar-refractivity contribution in [2.45, 2.75) is 13.5 Å². The molecule has 0 saturated heterocycles. The van der Waals surface area contributed by atoms with Crippen LogP contribution in [0.2, 0.25) is 0 Å². The first kappa shape index (κ1) is 15.2. The van der Waals surface area contributed by atoms with Gasteiger partial charge in [-0.3, -0.25) is 4.90 Å². The summed E-state index contributed by atoms with van der Waals surface area (Å²) < 4.78 is 5.20. The molecule has 0 radical (unpaired) electrons. The molecule has 0 fully saturated rings. The Kier molecular flexibility index (Phi) is 4.85. The molecule has 0 aromatic heterocycles. The number of aliphatic hydroxyl groups excluding tert-OH is 1. The lowest BCUT2D eigenvalue weighted by atomic mass is 10.2. The minimum atomic E-state index is -0.639. The van der Waals surface area contributed by atoms with Gasteiger partial charge in [0.15, 0.2) is 0 Å². The molecule has 1 aliphatic rings. The van der Waals surface area contributed by atoms with Crippen LogP contribution in [0.15, 0.2) is 71.0 Å². The number of nitrogens with zero attached hydrogens (tertiary/aromatic N) is 4. The standard InChI is InChI=1S/C15H14N4O3/c1-11-7-8-13(17-18-16)14(20)9-19(11)15(21)22-10-12-5-3-2-4-6-12/h2-9,20H,10H2,1H3. The molecule has 2 rings (SSSR count). The number of allylic oxidation sites excluding steroid dienone is 3. The van der Waals surface area contributed by atoms with Gasteiger partial charge in [0.25, 0.3) is 0 Å². The van der Waals surface area contributed by atoms with E-state index >= 15 is 0 Å². The number of hydrogen-bond acceptors (Lipinski definition) is 4. The molecule has 7 nitrogen and oxygen atoms in total. The lowest BCUT2D eigenvalue weighted by Gasteiger charge is -2.18. The fourth-order valence-corrected chi connectivity index (χ4v) is 1.77. The molecule has 7 heteroatoms. The van der Waals surface area contributed by atoms with Crippen LogP contribution in [-0.2, 0) is 11.3 Å². The number of amides is 1. The van der Waals surface area contributed by atoms with Gasteiger partial charge in [-0.2, -0.15) is 0 Å². The van der Waals surface area contributed by atoms with Crippen molar-refractivity contribution in [3.05, 3.63) is 81.8 Å². The van der Waals surface area contributed by atoms with Crippen LogP contribution in [0.4, 0.5) is 4.79 Å². The van der Waals surface area contributed by atoms with E-state index < -0.39 is 6.09 Å². The Balaban J connectivity index is 2.11. The van der Waals surface area contributed by atoms with Gasteiger partial charge in [0, 0.05) is 10.6 Å². The summed E-state index contributed by atoms with van der Waals surface area (Å²) in [6, 6.07) is 9.25. The van der Waals surface area contributed by atoms with Crippen molar-refractivity contribution in [1.29, 1.82) is 0 Å². The highest BCUT2D eigenvalue weighted by Gasteiger charge is 2.18. The van der Waals surface area contributed by atoms with Gasteiger partial charge < -0.3 is 9.84 Å². The minimum Gasteiger partial charge on any atom is -0.506 e. The predicted octanol–water partition coefficient (Wildman–Crippen LogP) is 4.14. The number of benzene rings is 1. The Morgan fingerprint density at radius 2 is 2.09 bits per heavy atom. The monoisotopic (exact) mass is 298 g/mol. The number of rotatable bonds is 3. The van der Waals surface area contributed by atoms with Gasteiger partial charge in [0.1, 0.15) is 12.4 Å². The van der Waals surface area contributed by atoms with Crippen molar-refractivity contribution in [2.24, 2.45) is 5.11 Å². The molecule has 1 amide bonds. The molecular formula is C15H14N4O3. The van der Waals surface area contributed by atoms with E-state index in [1.165, 1.54) is 6.08 Å². The molecule has 22 heavy (non-hydrogen) atoms. The lowest BCUT2D eigenvalue weighted by Crippen LogP contribution is -2.25. The van der Waals surface area contributed by atoms with E-state index in [1.807, 2.05) is 30.3 Å². The molecule has 0 aliphatic carbocycles. The van der Waals surface area contributed by atoms with Crippen LogP contribution in [0.3, 0.4) is 0 Å². The van der Waals surface area contributed by atoms with E-state index in [0.29, 0.717) is 5.70 Å². The van der Waals surface area contributed by atoms with Crippen LogP contribution in [-0.4, -0.2) is 16.1 Å². The topological polar surface area (TPSA) is 98.5 Å². The van der Waals surface area contributed by atoms with Gasteiger partial charge in [-0.05, 0) is 30.2 Å². The van der Waals surface area contributed by atoms with Crippen molar-refractivity contribution in [3.8, 4) is 0 Å². The maximum atomic E-state index is 12.1. The molecule has 1 aliphatic heterocycles. The van der Waals surface area contributed by atoms with E-state index in [0.717, 1.165) is 16.7 Å². The minimum absolute atomic E-state index is 0.0280. The molecule has 112 valence electrons. The van der Waals surface area contributed by atoms with Gasteiger partial charge in [-0.1, -0.05) is 35.4 Å². The third-order valence-corrected chi connectivity index (χ3v) is 2.93. The third-order valence-electron chi connectivity index (χ3n) is 2.93. The van der Waals surface area contributed by atoms with E-state index in [1.54, 1.807) is 13.0 Å². The number of carbonyl (C=O) groups excluding carboxylic acids is 1. The van der Waals surface area contributed by atoms with Crippen LogP contribution in [0.25, 0.3) is 10.4 Å². The first-order valence-corrected chi connectivity index (χ1v) is 6.46. The van der Waals surface area contributed by atoms with Crippen LogP contribution in [0, 0.1) is 0 Å². The maximum Gasteiger partial charge on any atom is 0.418 e. The summed E-state index contributed by atoms with van der Waals surface area (Å²) in [5.74, 6) is -0.317. The molecular weight excluding hydrogens is 284 g/mol. The normalized spacial score (nSPS) is 14.0. The van der Waals surface area contributed by atoms with E-state index in [4.69, 9.17) is 10.3 Å². The predicted molar refractivity (Wildman–Crippen MR) is 80.2 cm³/mol. The van der Waals surface area contributed by atoms with Crippen molar-refractivity contribution < 1.29 is 14.6 Å². The number of ether oxygens (including phenoxy) is 1. The quantitative estimate of drug-likeness (QED) is 0.515. The van der Waals surface area contributed by atoms with E-state index in [9.17, 15) is 9.90 Å². The highest BCUT2D eigenvalue weighted by Crippen LogP contribution is 2.19. The van der Waals surface area contributed by atoms with Gasteiger partial charge in [-0.15, -0.1) is 0 Å². The SMILES string of the molecule is CC1=CC=C(N=[N+]=[N-])C(O)=CN1C(=O)OCc1ccccc1. The molecule has 1 heterocycles. The van der Waals surface area contributed by atoms with Gasteiger partial charge in [-0.25, -0.2) is 4.79 Å². The second-order valence-electron chi connectivity index (χ2n) is 4.47. The number of aliphatic hydroxyl groups is 1. The lowest BCUT2D eigenvalue weighted by molar-refractivity contribution is 0.117. The zero-order chi connectivity index (χ0) is 15.9. The third kappa shape index (κ3) is 3.68. The summed E-state index contributed by atoms with van der Waals surface area (Å²) in [5, 5.41) is 13.2. The second-order valence-corrected chi connectivity index (χ2v) is 4.47. The molecule has 0 bridgehead atoms. The molecule has 0 unspecified atom stereocenters. The van der Waals surface area contributed by atoms with E-state index in [2.05, 4.69) is 10.0 Å². The molecule has 1 N–H and O–H groups in total. The van der Waals surface area contributed by atoms with Gasteiger partial charge in [0.05, 0.1) is 11.9 Å². The van der Waals surface area contributed by atoms with Gasteiger partial charge >= 0.3 is 6.09 Å². The van der Waals surface area contributed by atoms with Crippen LogP contribution in [0.1, 0.15) is 12.5 Å².